The Morgan fingerprint density at radius 2 is 0.933 bits per heavy atom. The van der Waals surface area contributed by atoms with Crippen molar-refractivity contribution in [1.82, 2.24) is 0 Å². The predicted octanol–water partition coefficient (Wildman–Crippen LogP) is 3.86. The topological polar surface area (TPSA) is 20.2 Å². The van der Waals surface area contributed by atoms with Crippen LogP contribution >= 0.6 is 0 Å². The van der Waals surface area contributed by atoms with Gasteiger partial charge in [-0.2, -0.15) is 0 Å². The van der Waals surface area contributed by atoms with Crippen LogP contribution in [0.5, 0.6) is 0 Å². The number of aliphatic hydroxyl groups is 1. The van der Waals surface area contributed by atoms with Gasteiger partial charge >= 0.3 is 0 Å². The Morgan fingerprint density at radius 3 is 1.13 bits per heavy atom. The van der Waals surface area contributed by atoms with E-state index in [2.05, 4.69) is 62.4 Å². The lowest BCUT2D eigenvalue weighted by Gasteiger charge is -1.92. The average molecular weight is 204 g/mol. The molecule has 2 aromatic carbocycles. The third-order valence-corrected chi connectivity index (χ3v) is 1.66. The molecule has 1 heteroatoms. The Hall–Kier alpha value is -1.34. The number of benzene rings is 2. The Kier molecular flexibility index (Phi) is 8.40. The fraction of sp³-hybridized carbons (Fsp3) is 0.286. The molecular weight excluding hydrogens is 184 g/mol. The molecule has 0 fully saturated rings. The molecule has 15 heavy (non-hydrogen) atoms. The van der Waals surface area contributed by atoms with Gasteiger partial charge in [0.1, 0.15) is 0 Å². The van der Waals surface area contributed by atoms with E-state index < -0.39 is 0 Å². The quantitative estimate of drug-likeness (QED) is 0.690. The zero-order valence-electron chi connectivity index (χ0n) is 9.77. The Morgan fingerprint density at radius 1 is 0.733 bits per heavy atom. The summed E-state index contributed by atoms with van der Waals surface area (Å²) in [5.41, 5.74) is 0. The summed E-state index contributed by atoms with van der Waals surface area (Å²) >= 11 is 0. The van der Waals surface area contributed by atoms with Gasteiger partial charge in [-0.05, 0) is 10.8 Å². The first-order valence-corrected chi connectivity index (χ1v) is 5.27. The summed E-state index contributed by atoms with van der Waals surface area (Å²) in [5, 5.41) is 9.62. The molecule has 0 spiro atoms. The van der Waals surface area contributed by atoms with Crippen LogP contribution in [-0.4, -0.2) is 12.2 Å². The molecule has 1 nitrogen and oxygen atoms in total. The lowest BCUT2D eigenvalue weighted by atomic mass is 10.1. The van der Waals surface area contributed by atoms with E-state index in [-0.39, 0.29) is 0 Å². The van der Waals surface area contributed by atoms with Crippen molar-refractivity contribution in [3.63, 3.8) is 0 Å². The number of fused-ring (bicyclic) bond motifs is 1. The Balaban J connectivity index is 0.000000342. The van der Waals surface area contributed by atoms with Gasteiger partial charge in [0.25, 0.3) is 0 Å². The molecule has 0 saturated heterocycles. The largest absolute Gasteiger partial charge is 0.400 e. The summed E-state index contributed by atoms with van der Waals surface area (Å²) in [6.45, 7) is 4.25. The highest BCUT2D eigenvalue weighted by molar-refractivity contribution is 5.81. The SMILES string of the molecule is CCC.CO.c1ccc2ccccc2c1. The van der Waals surface area contributed by atoms with E-state index in [1.54, 1.807) is 0 Å². The van der Waals surface area contributed by atoms with Crippen LogP contribution in [0.25, 0.3) is 10.8 Å². The minimum absolute atomic E-state index is 1.00. The second-order valence-corrected chi connectivity index (χ2v) is 3.05. The van der Waals surface area contributed by atoms with E-state index in [1.165, 1.54) is 17.2 Å². The second-order valence-electron chi connectivity index (χ2n) is 3.05. The molecular formula is C14H20O. The number of hydrogen-bond donors (Lipinski definition) is 1. The van der Waals surface area contributed by atoms with E-state index in [9.17, 15) is 0 Å². The van der Waals surface area contributed by atoms with Crippen LogP contribution in [0.2, 0.25) is 0 Å². The first-order valence-electron chi connectivity index (χ1n) is 5.27. The van der Waals surface area contributed by atoms with Gasteiger partial charge in [-0.15, -0.1) is 0 Å². The summed E-state index contributed by atoms with van der Waals surface area (Å²) in [6.07, 6.45) is 1.25. The van der Waals surface area contributed by atoms with Crippen LogP contribution in [0, 0.1) is 0 Å². The lowest BCUT2D eigenvalue weighted by molar-refractivity contribution is 0.399. The molecule has 0 unspecified atom stereocenters. The fourth-order valence-corrected chi connectivity index (χ4v) is 1.13. The first-order chi connectivity index (χ1) is 7.38. The monoisotopic (exact) mass is 204 g/mol. The average Bonchev–Trinajstić information content (AvgIpc) is 2.33. The third kappa shape index (κ3) is 5.18. The molecule has 0 saturated carbocycles. The number of aliphatic hydroxyl groups excluding tert-OH is 1. The standard InChI is InChI=1S/C10H8.C3H8.CH4O/c1-2-6-10-8-4-3-7-9(10)5-1;1-3-2;1-2/h1-8H;3H2,1-2H3;2H,1H3. The molecule has 1 N–H and O–H groups in total. The maximum Gasteiger partial charge on any atom is 0.0319 e. The van der Waals surface area contributed by atoms with E-state index in [4.69, 9.17) is 5.11 Å². The van der Waals surface area contributed by atoms with Gasteiger partial charge in [0.15, 0.2) is 0 Å². The molecule has 0 aliphatic heterocycles. The van der Waals surface area contributed by atoms with E-state index in [0.29, 0.717) is 0 Å². The minimum atomic E-state index is 1.00. The lowest BCUT2D eigenvalue weighted by Crippen LogP contribution is -1.67. The number of hydrogen-bond acceptors (Lipinski definition) is 1. The summed E-state index contributed by atoms with van der Waals surface area (Å²) < 4.78 is 0. The molecule has 0 aliphatic carbocycles. The highest BCUT2D eigenvalue weighted by Gasteiger charge is 1.85. The van der Waals surface area contributed by atoms with Crippen LogP contribution < -0.4 is 0 Å². The normalized spacial score (nSPS) is 8.27. The van der Waals surface area contributed by atoms with Crippen molar-refractivity contribution in [1.29, 1.82) is 0 Å². The molecule has 82 valence electrons. The van der Waals surface area contributed by atoms with Gasteiger partial charge in [0.05, 0.1) is 0 Å². The van der Waals surface area contributed by atoms with Gasteiger partial charge < -0.3 is 5.11 Å². The molecule has 2 aromatic rings. The van der Waals surface area contributed by atoms with E-state index in [1.807, 2.05) is 0 Å². The highest BCUT2D eigenvalue weighted by atomic mass is 16.2. The van der Waals surface area contributed by atoms with Crippen molar-refractivity contribution in [3.05, 3.63) is 48.5 Å². The minimum Gasteiger partial charge on any atom is -0.400 e. The summed E-state index contributed by atoms with van der Waals surface area (Å²) in [7, 11) is 1.00. The van der Waals surface area contributed by atoms with Crippen LogP contribution in [0.1, 0.15) is 20.3 Å². The first kappa shape index (κ1) is 13.7. The van der Waals surface area contributed by atoms with Crippen LogP contribution in [-0.2, 0) is 0 Å². The zero-order chi connectivity index (χ0) is 11.5. The van der Waals surface area contributed by atoms with Crippen molar-refractivity contribution in [2.45, 2.75) is 20.3 Å². The molecule has 0 aliphatic rings. The van der Waals surface area contributed by atoms with Crippen LogP contribution in [0.15, 0.2) is 48.5 Å². The van der Waals surface area contributed by atoms with Gasteiger partial charge in [-0.1, -0.05) is 68.8 Å². The van der Waals surface area contributed by atoms with Crippen LogP contribution in [0.4, 0.5) is 0 Å². The smallest absolute Gasteiger partial charge is 0.0319 e. The summed E-state index contributed by atoms with van der Waals surface area (Å²) in [5.74, 6) is 0. The molecule has 0 amide bonds. The van der Waals surface area contributed by atoms with Gasteiger partial charge in [-0.25, -0.2) is 0 Å². The second kappa shape index (κ2) is 9.22. The van der Waals surface area contributed by atoms with Crippen LogP contribution in [0.3, 0.4) is 0 Å². The van der Waals surface area contributed by atoms with Gasteiger partial charge in [0.2, 0.25) is 0 Å². The van der Waals surface area contributed by atoms with Gasteiger partial charge in [-0.3, -0.25) is 0 Å². The Labute approximate surface area is 92.4 Å². The predicted molar refractivity (Wildman–Crippen MR) is 68.1 cm³/mol. The maximum atomic E-state index is 7.00. The number of rotatable bonds is 0. The van der Waals surface area contributed by atoms with Crippen molar-refractivity contribution in [2.24, 2.45) is 0 Å². The fourth-order valence-electron chi connectivity index (χ4n) is 1.13. The van der Waals surface area contributed by atoms with Crippen molar-refractivity contribution >= 4 is 10.8 Å². The molecule has 0 atom stereocenters. The highest BCUT2D eigenvalue weighted by Crippen LogP contribution is 2.11. The molecule has 0 aromatic heterocycles. The third-order valence-electron chi connectivity index (χ3n) is 1.66. The van der Waals surface area contributed by atoms with Crippen molar-refractivity contribution in [2.75, 3.05) is 7.11 Å². The molecule has 0 bridgehead atoms. The molecule has 0 heterocycles. The zero-order valence-corrected chi connectivity index (χ0v) is 9.77. The Bertz CT molecular complexity index is 290. The molecule has 2 rings (SSSR count). The van der Waals surface area contributed by atoms with E-state index in [0.717, 1.165) is 7.11 Å². The van der Waals surface area contributed by atoms with Crippen molar-refractivity contribution in [3.8, 4) is 0 Å². The van der Waals surface area contributed by atoms with Gasteiger partial charge in [0, 0.05) is 7.11 Å². The van der Waals surface area contributed by atoms with E-state index >= 15 is 0 Å². The summed E-state index contributed by atoms with van der Waals surface area (Å²) in [4.78, 5) is 0. The summed E-state index contributed by atoms with van der Waals surface area (Å²) in [6, 6.07) is 16.7. The maximum absolute atomic E-state index is 7.00. The van der Waals surface area contributed by atoms with Crippen molar-refractivity contribution < 1.29 is 5.11 Å². The molecule has 0 radical (unpaired) electrons.